The molecule has 0 bridgehead atoms. The minimum absolute atomic E-state index is 0. The van der Waals surface area contributed by atoms with Crippen LogP contribution in [-0.2, 0) is 4.79 Å². The Morgan fingerprint density at radius 1 is 0.576 bits per heavy atom. The molecule has 192 valence electrons. The van der Waals surface area contributed by atoms with Crippen molar-refractivity contribution in [2.45, 2.75) is 162 Å². The molecule has 0 amide bonds. The molecule has 0 saturated heterocycles. The van der Waals surface area contributed by atoms with Gasteiger partial charge in [-0.25, -0.2) is 0 Å². The van der Waals surface area contributed by atoms with Gasteiger partial charge in [0.2, 0.25) is 0 Å². The summed E-state index contributed by atoms with van der Waals surface area (Å²) in [7, 11) is 0. The summed E-state index contributed by atoms with van der Waals surface area (Å²) in [4.78, 5) is 11.4. The number of nitrogens with one attached hydrogen (secondary N) is 1. The maximum Gasteiger partial charge on any atom is 1.00 e. The first-order chi connectivity index (χ1) is 15.7. The standard InChI is InChI=1S/C29H59NO2.Na/c1-3-5-7-9-11-13-15-16-18-20-22-24-26-30-27-28(29(31)32)25-23-21-19-17-14-12-10-8-6-4-2;/h28,30H,3-27H2,1-2H3,(H,31,32);/q;+1/p-1. The van der Waals surface area contributed by atoms with E-state index in [-0.39, 0.29) is 35.5 Å². The summed E-state index contributed by atoms with van der Waals surface area (Å²) in [5.74, 6) is -1.19. The van der Waals surface area contributed by atoms with E-state index in [4.69, 9.17) is 0 Å². The Balaban J connectivity index is 0. The smallest absolute Gasteiger partial charge is 0.550 e. The number of rotatable bonds is 27. The molecule has 0 aliphatic carbocycles. The molecule has 1 atom stereocenters. The number of carboxylic acids is 1. The van der Waals surface area contributed by atoms with Crippen LogP contribution in [-0.4, -0.2) is 19.1 Å². The molecule has 0 fully saturated rings. The second-order valence-corrected chi connectivity index (χ2v) is 10.1. The van der Waals surface area contributed by atoms with Gasteiger partial charge in [0.05, 0.1) is 0 Å². The number of unbranched alkanes of at least 4 members (excludes halogenated alkanes) is 20. The summed E-state index contributed by atoms with van der Waals surface area (Å²) in [6.07, 6.45) is 30.0. The second kappa shape index (κ2) is 30.5. The Morgan fingerprint density at radius 3 is 1.27 bits per heavy atom. The molecule has 0 aromatic carbocycles. The molecule has 3 nitrogen and oxygen atoms in total. The summed E-state index contributed by atoms with van der Waals surface area (Å²) >= 11 is 0. The van der Waals surface area contributed by atoms with E-state index in [1.165, 1.54) is 122 Å². The fraction of sp³-hybridized carbons (Fsp3) is 0.966. The predicted molar refractivity (Wildman–Crippen MR) is 139 cm³/mol. The van der Waals surface area contributed by atoms with Gasteiger partial charge in [-0.3, -0.25) is 0 Å². The van der Waals surface area contributed by atoms with Crippen LogP contribution in [0.3, 0.4) is 0 Å². The molecule has 0 spiro atoms. The molecule has 0 saturated carbocycles. The van der Waals surface area contributed by atoms with Gasteiger partial charge in [0.1, 0.15) is 0 Å². The average Bonchev–Trinajstić information content (AvgIpc) is 2.78. The van der Waals surface area contributed by atoms with Gasteiger partial charge in [-0.05, 0) is 19.4 Å². The Hall–Kier alpha value is 0.430. The molecule has 4 heteroatoms. The van der Waals surface area contributed by atoms with Crippen LogP contribution in [0.1, 0.15) is 162 Å². The average molecular weight is 476 g/mol. The van der Waals surface area contributed by atoms with Gasteiger partial charge in [0.15, 0.2) is 0 Å². The summed E-state index contributed by atoms with van der Waals surface area (Å²) in [6, 6.07) is 0. The zero-order chi connectivity index (χ0) is 23.5. The van der Waals surface area contributed by atoms with Crippen molar-refractivity contribution in [1.82, 2.24) is 5.32 Å². The zero-order valence-corrected chi connectivity index (χ0v) is 25.1. The van der Waals surface area contributed by atoms with Crippen molar-refractivity contribution in [3.8, 4) is 0 Å². The van der Waals surface area contributed by atoms with Crippen molar-refractivity contribution >= 4 is 5.97 Å². The molecule has 0 aromatic rings. The fourth-order valence-corrected chi connectivity index (χ4v) is 4.55. The first-order valence-corrected chi connectivity index (χ1v) is 14.6. The molecule has 0 heterocycles. The quantitative estimate of drug-likeness (QED) is 0.135. The van der Waals surface area contributed by atoms with E-state index < -0.39 is 5.97 Å². The third-order valence-corrected chi connectivity index (χ3v) is 6.84. The molecule has 0 radical (unpaired) electrons. The van der Waals surface area contributed by atoms with Gasteiger partial charge in [-0.1, -0.05) is 149 Å². The monoisotopic (exact) mass is 475 g/mol. The first-order valence-electron chi connectivity index (χ1n) is 14.6. The van der Waals surface area contributed by atoms with Gasteiger partial charge in [-0.2, -0.15) is 0 Å². The van der Waals surface area contributed by atoms with Crippen LogP contribution >= 0.6 is 0 Å². The summed E-state index contributed by atoms with van der Waals surface area (Å²) in [6.45, 7) is 6.06. The number of carbonyl (C=O) groups is 1. The molecular weight excluding hydrogens is 417 g/mol. The van der Waals surface area contributed by atoms with E-state index in [1.54, 1.807) is 0 Å². The van der Waals surface area contributed by atoms with Gasteiger partial charge in [0, 0.05) is 18.4 Å². The predicted octanol–water partition coefficient (Wildman–Crippen LogP) is 4.96. The minimum atomic E-state index is -0.872. The molecule has 0 aliphatic heterocycles. The zero-order valence-electron chi connectivity index (χ0n) is 23.1. The Bertz CT molecular complexity index is 379. The molecule has 0 rings (SSSR count). The minimum Gasteiger partial charge on any atom is -0.550 e. The van der Waals surface area contributed by atoms with Gasteiger partial charge in [-0.15, -0.1) is 0 Å². The van der Waals surface area contributed by atoms with Crippen molar-refractivity contribution in [3.63, 3.8) is 0 Å². The number of hydrogen-bond donors (Lipinski definition) is 1. The van der Waals surface area contributed by atoms with Crippen LogP contribution in [0.25, 0.3) is 0 Å². The fourth-order valence-electron chi connectivity index (χ4n) is 4.55. The second-order valence-electron chi connectivity index (χ2n) is 10.1. The van der Waals surface area contributed by atoms with Gasteiger partial charge >= 0.3 is 29.6 Å². The number of hydrogen-bond acceptors (Lipinski definition) is 3. The number of carboxylic acid groups (broad SMARTS) is 1. The van der Waals surface area contributed by atoms with E-state index in [1.807, 2.05) is 0 Å². The summed E-state index contributed by atoms with van der Waals surface area (Å²) in [5, 5.41) is 14.8. The topological polar surface area (TPSA) is 52.2 Å². The Morgan fingerprint density at radius 2 is 0.909 bits per heavy atom. The Kier molecular flexibility index (Phi) is 32.9. The van der Waals surface area contributed by atoms with Crippen molar-refractivity contribution in [2.24, 2.45) is 5.92 Å². The summed E-state index contributed by atoms with van der Waals surface area (Å²) in [5.41, 5.74) is 0. The first kappa shape index (κ1) is 35.6. The van der Waals surface area contributed by atoms with E-state index >= 15 is 0 Å². The summed E-state index contributed by atoms with van der Waals surface area (Å²) < 4.78 is 0. The van der Waals surface area contributed by atoms with Crippen LogP contribution in [0.5, 0.6) is 0 Å². The van der Waals surface area contributed by atoms with Gasteiger partial charge < -0.3 is 15.2 Å². The SMILES string of the molecule is CCCCCCCCCCCCCCNCC(CCCCCCCCCCCC)C(=O)[O-].[Na+]. The molecule has 1 N–H and O–H groups in total. The maximum absolute atomic E-state index is 11.4. The van der Waals surface area contributed by atoms with Crippen LogP contribution < -0.4 is 40.0 Å². The number of aliphatic carboxylic acids is 1. The van der Waals surface area contributed by atoms with Crippen molar-refractivity contribution in [2.75, 3.05) is 13.1 Å². The number of carbonyl (C=O) groups excluding carboxylic acids is 1. The van der Waals surface area contributed by atoms with Crippen LogP contribution in [0.15, 0.2) is 0 Å². The Labute approximate surface area is 230 Å². The molecule has 33 heavy (non-hydrogen) atoms. The maximum atomic E-state index is 11.4. The van der Waals surface area contributed by atoms with Crippen LogP contribution in [0.2, 0.25) is 0 Å². The van der Waals surface area contributed by atoms with Crippen molar-refractivity contribution in [3.05, 3.63) is 0 Å². The normalized spacial score (nSPS) is 11.9. The van der Waals surface area contributed by atoms with Crippen molar-refractivity contribution in [1.29, 1.82) is 0 Å². The van der Waals surface area contributed by atoms with Crippen LogP contribution in [0, 0.1) is 5.92 Å². The van der Waals surface area contributed by atoms with E-state index in [9.17, 15) is 9.90 Å². The van der Waals surface area contributed by atoms with E-state index in [0.717, 1.165) is 32.2 Å². The molecular formula is C29H58NNaO2. The van der Waals surface area contributed by atoms with Crippen LogP contribution in [0.4, 0.5) is 0 Å². The van der Waals surface area contributed by atoms with Gasteiger partial charge in [0.25, 0.3) is 0 Å². The largest absolute Gasteiger partial charge is 1.00 e. The third kappa shape index (κ3) is 28.6. The van der Waals surface area contributed by atoms with Crippen molar-refractivity contribution < 1.29 is 39.5 Å². The molecule has 0 aromatic heterocycles. The van der Waals surface area contributed by atoms with E-state index in [0.29, 0.717) is 6.54 Å². The molecule has 1 unspecified atom stereocenters. The molecule has 0 aliphatic rings. The third-order valence-electron chi connectivity index (χ3n) is 6.84. The van der Waals surface area contributed by atoms with E-state index in [2.05, 4.69) is 19.2 Å².